The van der Waals surface area contributed by atoms with E-state index >= 15 is 0 Å². The van der Waals surface area contributed by atoms with Crippen LogP contribution in [0.1, 0.15) is 46.4 Å². The predicted molar refractivity (Wildman–Crippen MR) is 142 cm³/mol. The second kappa shape index (κ2) is 9.54. The summed E-state index contributed by atoms with van der Waals surface area (Å²) in [6, 6.07) is 5.29. The normalized spacial score (nSPS) is 22.9. The van der Waals surface area contributed by atoms with Gasteiger partial charge < -0.3 is 34.5 Å². The minimum Gasteiger partial charge on any atom is -0.496 e. The molecular formula is C27H23F5N4O6S. The first-order valence-corrected chi connectivity index (χ1v) is 14.2. The van der Waals surface area contributed by atoms with E-state index in [-0.39, 0.29) is 48.3 Å². The van der Waals surface area contributed by atoms with E-state index in [1.54, 1.807) is 6.07 Å². The molecule has 0 spiro atoms. The quantitative estimate of drug-likeness (QED) is 0.365. The number of thiazole rings is 1. The number of benzene rings is 2. The zero-order valence-corrected chi connectivity index (χ0v) is 23.2. The molecule has 2 saturated heterocycles. The first kappa shape index (κ1) is 27.9. The molecule has 1 saturated carbocycles. The van der Waals surface area contributed by atoms with E-state index in [0.29, 0.717) is 28.6 Å². The van der Waals surface area contributed by atoms with Gasteiger partial charge in [-0.15, -0.1) is 8.78 Å². The predicted octanol–water partition coefficient (Wildman–Crippen LogP) is 5.07. The van der Waals surface area contributed by atoms with Gasteiger partial charge in [-0.1, -0.05) is 11.3 Å². The molecule has 2 bridgehead atoms. The van der Waals surface area contributed by atoms with Gasteiger partial charge in [0.05, 0.1) is 53.9 Å². The van der Waals surface area contributed by atoms with E-state index in [4.69, 9.17) is 14.5 Å². The molecule has 10 nitrogen and oxygen atoms in total. The number of hydrogen-bond donors (Lipinski definition) is 2. The van der Waals surface area contributed by atoms with E-state index in [9.17, 15) is 31.5 Å². The third-order valence-electron chi connectivity index (χ3n) is 8.26. The Morgan fingerprint density at radius 3 is 2.40 bits per heavy atom. The number of amides is 2. The molecule has 2 unspecified atom stereocenters. The van der Waals surface area contributed by atoms with Gasteiger partial charge in [-0.2, -0.15) is 13.2 Å². The lowest BCUT2D eigenvalue weighted by molar-refractivity contribution is -0.286. The van der Waals surface area contributed by atoms with Crippen LogP contribution in [0.3, 0.4) is 0 Å². The molecule has 2 amide bonds. The van der Waals surface area contributed by atoms with Crippen molar-refractivity contribution in [1.29, 1.82) is 0 Å². The maximum Gasteiger partial charge on any atom is 0.586 e. The largest absolute Gasteiger partial charge is 0.586 e. The SMILES string of the molecule is COc1ccc2nc(N3C4COCC3C4)sc2c1C(=O)Nc1cc2c(cc1C(=O)NC1(C(F)(F)F)CCC1)OC(F)(F)O2. The van der Waals surface area contributed by atoms with Crippen molar-refractivity contribution in [3.05, 3.63) is 35.4 Å². The fourth-order valence-corrected chi connectivity index (χ4v) is 7.12. The maximum absolute atomic E-state index is 13.9. The van der Waals surface area contributed by atoms with Crippen LogP contribution in [-0.4, -0.2) is 67.2 Å². The highest BCUT2D eigenvalue weighted by Crippen LogP contribution is 2.48. The number of anilines is 2. The van der Waals surface area contributed by atoms with E-state index in [1.807, 2.05) is 5.32 Å². The zero-order chi connectivity index (χ0) is 30.3. The number of aromatic nitrogens is 1. The number of hydrogen-bond acceptors (Lipinski definition) is 9. The first-order valence-electron chi connectivity index (χ1n) is 13.4. The fraction of sp³-hybridized carbons (Fsp3) is 0.444. The van der Waals surface area contributed by atoms with E-state index < -0.39 is 46.9 Å². The summed E-state index contributed by atoms with van der Waals surface area (Å²) in [4.78, 5) is 33.9. The maximum atomic E-state index is 13.9. The number of nitrogens with zero attached hydrogens (tertiary/aromatic N) is 2. The van der Waals surface area contributed by atoms with Crippen molar-refractivity contribution < 1.29 is 50.5 Å². The number of methoxy groups -OCH3 is 1. The van der Waals surface area contributed by atoms with Gasteiger partial charge in [0.25, 0.3) is 11.8 Å². The molecule has 2 atom stereocenters. The van der Waals surface area contributed by atoms with Crippen LogP contribution in [-0.2, 0) is 4.74 Å². The van der Waals surface area contributed by atoms with Gasteiger partial charge in [-0.05, 0) is 43.9 Å². The summed E-state index contributed by atoms with van der Waals surface area (Å²) in [7, 11) is 1.35. The van der Waals surface area contributed by atoms with Crippen molar-refractivity contribution in [2.24, 2.45) is 0 Å². The number of ether oxygens (including phenoxy) is 4. The fourth-order valence-electron chi connectivity index (χ4n) is 5.87. The van der Waals surface area contributed by atoms with E-state index in [0.717, 1.165) is 18.6 Å². The molecule has 3 aliphatic heterocycles. The number of rotatable bonds is 6. The zero-order valence-electron chi connectivity index (χ0n) is 22.3. The highest BCUT2D eigenvalue weighted by Gasteiger charge is 2.59. The standard InChI is InChI=1S/C27H23F5N4O6S/c1-39-17-4-3-15-21(43-24(34-15)36-12-7-13(36)11-40-10-12)20(17)23(38)33-16-9-19-18(41-27(31,32)42-19)8-14(16)22(37)35-25(5-2-6-25)26(28,29)30/h3-4,8-9,12-13H,2,5-7,10-11H2,1H3,(H,33,38)(H,35,37). The van der Waals surface area contributed by atoms with Crippen LogP contribution in [0.15, 0.2) is 24.3 Å². The average molecular weight is 627 g/mol. The Bertz CT molecular complexity index is 1640. The van der Waals surface area contributed by atoms with Crippen molar-refractivity contribution in [1.82, 2.24) is 10.3 Å². The van der Waals surface area contributed by atoms with Gasteiger partial charge in [0.1, 0.15) is 16.9 Å². The van der Waals surface area contributed by atoms with E-state index in [1.165, 1.54) is 24.5 Å². The number of alkyl halides is 5. The molecule has 3 aromatic rings. The van der Waals surface area contributed by atoms with Crippen molar-refractivity contribution in [3.8, 4) is 17.2 Å². The second-order valence-electron chi connectivity index (χ2n) is 10.8. The highest BCUT2D eigenvalue weighted by molar-refractivity contribution is 7.22. The summed E-state index contributed by atoms with van der Waals surface area (Å²) in [5.74, 6) is -2.96. The third-order valence-corrected chi connectivity index (χ3v) is 9.37. The molecule has 4 heterocycles. The van der Waals surface area contributed by atoms with Gasteiger partial charge >= 0.3 is 12.5 Å². The van der Waals surface area contributed by atoms with Crippen LogP contribution in [0.25, 0.3) is 10.2 Å². The van der Waals surface area contributed by atoms with Crippen LogP contribution >= 0.6 is 11.3 Å². The highest BCUT2D eigenvalue weighted by atomic mass is 32.1. The molecule has 2 aromatic carbocycles. The molecule has 3 fully saturated rings. The monoisotopic (exact) mass is 626 g/mol. The van der Waals surface area contributed by atoms with Crippen molar-refractivity contribution in [2.45, 2.75) is 55.8 Å². The molecule has 16 heteroatoms. The van der Waals surface area contributed by atoms with Crippen molar-refractivity contribution >= 4 is 44.2 Å². The van der Waals surface area contributed by atoms with Crippen molar-refractivity contribution in [2.75, 3.05) is 30.5 Å². The Morgan fingerprint density at radius 2 is 1.79 bits per heavy atom. The van der Waals surface area contributed by atoms with Crippen LogP contribution in [0, 0.1) is 0 Å². The number of carbonyl (C=O) groups is 2. The molecule has 4 aliphatic rings. The van der Waals surface area contributed by atoms with Gasteiger partial charge in [0.15, 0.2) is 16.6 Å². The second-order valence-corrected chi connectivity index (χ2v) is 11.8. The van der Waals surface area contributed by atoms with Gasteiger partial charge in [-0.25, -0.2) is 4.98 Å². The van der Waals surface area contributed by atoms with Crippen LogP contribution in [0.5, 0.6) is 17.2 Å². The molecular weight excluding hydrogens is 603 g/mol. The minimum atomic E-state index is -4.75. The number of fused-ring (bicyclic) bond motifs is 4. The third kappa shape index (κ3) is 4.49. The Labute approximate surface area is 244 Å². The molecule has 228 valence electrons. The average Bonchev–Trinajstić information content (AvgIpc) is 3.47. The van der Waals surface area contributed by atoms with Gasteiger partial charge in [0.2, 0.25) is 0 Å². The molecule has 1 aliphatic carbocycles. The summed E-state index contributed by atoms with van der Waals surface area (Å²) < 4.78 is 89.5. The summed E-state index contributed by atoms with van der Waals surface area (Å²) in [5, 5.41) is 5.19. The molecule has 0 radical (unpaired) electrons. The summed E-state index contributed by atoms with van der Waals surface area (Å²) in [6.45, 7) is 1.12. The number of nitrogens with one attached hydrogen (secondary N) is 2. The molecule has 7 rings (SSSR count). The van der Waals surface area contributed by atoms with Crippen LogP contribution < -0.4 is 29.7 Å². The summed E-state index contributed by atoms with van der Waals surface area (Å²) >= 11 is 1.25. The molecule has 2 N–H and O–H groups in total. The van der Waals surface area contributed by atoms with Gasteiger partial charge in [-0.3, -0.25) is 9.59 Å². The smallest absolute Gasteiger partial charge is 0.496 e. The molecule has 43 heavy (non-hydrogen) atoms. The lowest BCUT2D eigenvalue weighted by Crippen LogP contribution is -2.64. The lowest BCUT2D eigenvalue weighted by atomic mass is 9.76. The van der Waals surface area contributed by atoms with Gasteiger partial charge in [0, 0.05) is 6.07 Å². The Hall–Kier alpha value is -3.92. The summed E-state index contributed by atoms with van der Waals surface area (Å²) in [5.41, 5.74) is -2.81. The number of morpholine rings is 1. The Kier molecular flexibility index (Phi) is 6.19. The summed E-state index contributed by atoms with van der Waals surface area (Å²) in [6.07, 6.45) is -8.30. The Morgan fingerprint density at radius 1 is 1.09 bits per heavy atom. The minimum absolute atomic E-state index is 0.0470. The van der Waals surface area contributed by atoms with Crippen LogP contribution in [0.2, 0.25) is 0 Å². The van der Waals surface area contributed by atoms with E-state index in [2.05, 4.69) is 19.7 Å². The van der Waals surface area contributed by atoms with Crippen molar-refractivity contribution in [3.63, 3.8) is 0 Å². The topological polar surface area (TPSA) is 111 Å². The lowest BCUT2D eigenvalue weighted by Gasteiger charge is -2.52. The van der Waals surface area contributed by atoms with Crippen LogP contribution in [0.4, 0.5) is 32.8 Å². The first-order chi connectivity index (χ1) is 20.4. The molecule has 1 aromatic heterocycles. The number of halogens is 5. The Balaban J connectivity index is 1.25. The number of carbonyl (C=O) groups excluding carboxylic acids is 2.